The summed E-state index contributed by atoms with van der Waals surface area (Å²) in [6, 6.07) is 15.1. The van der Waals surface area contributed by atoms with Crippen LogP contribution in [0.15, 0.2) is 54.7 Å². The van der Waals surface area contributed by atoms with Crippen LogP contribution in [-0.4, -0.2) is 9.97 Å². The molecule has 2 aromatic carbocycles. The van der Waals surface area contributed by atoms with Crippen LogP contribution in [0.4, 0.5) is 36.3 Å². The van der Waals surface area contributed by atoms with Gasteiger partial charge in [0.05, 0.1) is 0 Å². The average molecular weight is 429 g/mol. The van der Waals surface area contributed by atoms with Crippen LogP contribution in [0.1, 0.15) is 56.2 Å². The van der Waals surface area contributed by atoms with E-state index in [2.05, 4.69) is 41.4 Å². The third-order valence-corrected chi connectivity index (χ3v) is 4.94. The lowest BCUT2D eigenvalue weighted by molar-refractivity contribution is -0.137. The van der Waals surface area contributed by atoms with Gasteiger partial charge in [-0.2, -0.15) is 18.2 Å². The van der Waals surface area contributed by atoms with Crippen molar-refractivity contribution in [2.75, 3.05) is 10.6 Å². The molecule has 0 unspecified atom stereocenters. The Balaban J connectivity index is 1.87. The molecule has 3 rings (SSSR count). The Labute approximate surface area is 181 Å². The molecule has 2 N–H and O–H groups in total. The van der Waals surface area contributed by atoms with E-state index < -0.39 is 11.7 Å². The molecule has 0 radical (unpaired) electrons. The summed E-state index contributed by atoms with van der Waals surface area (Å²) in [5.74, 6) is 0.201. The van der Waals surface area contributed by atoms with E-state index >= 15 is 0 Å². The lowest BCUT2D eigenvalue weighted by Crippen LogP contribution is -2.12. The first kappa shape index (κ1) is 22.6. The second-order valence-corrected chi connectivity index (χ2v) is 7.78. The van der Waals surface area contributed by atoms with Crippen molar-refractivity contribution in [2.45, 2.75) is 52.1 Å². The number of alkyl halides is 3. The van der Waals surface area contributed by atoms with E-state index in [1.165, 1.54) is 5.56 Å². The van der Waals surface area contributed by atoms with Gasteiger partial charge in [-0.3, -0.25) is 0 Å². The highest BCUT2D eigenvalue weighted by Gasteiger charge is 2.35. The van der Waals surface area contributed by atoms with Gasteiger partial charge in [0.25, 0.3) is 0 Å². The molecule has 1 aromatic heterocycles. The Bertz CT molecular complexity index is 998. The summed E-state index contributed by atoms with van der Waals surface area (Å²) >= 11 is 0. The minimum atomic E-state index is -4.57. The number of unbranched alkanes of at least 4 members (excludes halogenated alkanes) is 1. The highest BCUT2D eigenvalue weighted by Crippen LogP contribution is 2.35. The van der Waals surface area contributed by atoms with E-state index in [1.54, 1.807) is 6.07 Å². The summed E-state index contributed by atoms with van der Waals surface area (Å²) in [4.78, 5) is 8.00. The van der Waals surface area contributed by atoms with Crippen LogP contribution in [-0.2, 0) is 12.6 Å². The van der Waals surface area contributed by atoms with Gasteiger partial charge in [-0.05, 0) is 54.2 Å². The molecule has 0 fully saturated rings. The second-order valence-electron chi connectivity index (χ2n) is 7.78. The number of benzene rings is 2. The number of aromatic nitrogens is 2. The van der Waals surface area contributed by atoms with E-state index in [9.17, 15) is 13.2 Å². The molecule has 3 aromatic rings. The largest absolute Gasteiger partial charge is 0.421 e. The highest BCUT2D eigenvalue weighted by atomic mass is 19.4. The van der Waals surface area contributed by atoms with E-state index in [4.69, 9.17) is 0 Å². The van der Waals surface area contributed by atoms with Crippen LogP contribution in [0.5, 0.6) is 0 Å². The smallest absolute Gasteiger partial charge is 0.340 e. The molecule has 0 bridgehead atoms. The van der Waals surface area contributed by atoms with E-state index in [-0.39, 0.29) is 11.8 Å². The van der Waals surface area contributed by atoms with Gasteiger partial charge in [0.2, 0.25) is 5.95 Å². The first-order valence-corrected chi connectivity index (χ1v) is 10.4. The van der Waals surface area contributed by atoms with Gasteiger partial charge < -0.3 is 10.6 Å². The number of aryl methyl sites for hydroxylation is 1. The van der Waals surface area contributed by atoms with Crippen LogP contribution in [0.2, 0.25) is 0 Å². The molecule has 0 saturated heterocycles. The number of halogens is 3. The van der Waals surface area contributed by atoms with Crippen LogP contribution < -0.4 is 10.6 Å². The third kappa shape index (κ3) is 6.20. The predicted molar refractivity (Wildman–Crippen MR) is 119 cm³/mol. The van der Waals surface area contributed by atoms with Gasteiger partial charge in [-0.15, -0.1) is 0 Å². The quantitative estimate of drug-likeness (QED) is 0.391. The SMILES string of the molecule is CCCCc1cccc(Nc2nc(Nc3ccc(C(C)C)cc3)ncc2C(F)(F)F)c1. The molecular formula is C24H27F3N4. The van der Waals surface area contributed by atoms with Crippen LogP contribution in [0.3, 0.4) is 0 Å². The topological polar surface area (TPSA) is 49.8 Å². The maximum absolute atomic E-state index is 13.5. The Kier molecular flexibility index (Phi) is 7.15. The highest BCUT2D eigenvalue weighted by molar-refractivity contribution is 5.63. The Morgan fingerprint density at radius 1 is 0.968 bits per heavy atom. The fourth-order valence-electron chi connectivity index (χ4n) is 3.15. The molecule has 0 amide bonds. The lowest BCUT2D eigenvalue weighted by atomic mass is 10.0. The predicted octanol–water partition coefficient (Wildman–Crippen LogP) is 7.45. The molecule has 1 heterocycles. The number of nitrogens with one attached hydrogen (secondary N) is 2. The maximum Gasteiger partial charge on any atom is 0.421 e. The molecule has 0 aliphatic carbocycles. The van der Waals surface area contributed by atoms with Gasteiger partial charge in [0, 0.05) is 17.6 Å². The molecule has 0 spiro atoms. The van der Waals surface area contributed by atoms with Crippen molar-refractivity contribution in [1.29, 1.82) is 0 Å². The zero-order valence-corrected chi connectivity index (χ0v) is 17.9. The van der Waals surface area contributed by atoms with Crippen LogP contribution >= 0.6 is 0 Å². The van der Waals surface area contributed by atoms with Crippen molar-refractivity contribution >= 4 is 23.1 Å². The van der Waals surface area contributed by atoms with Crippen molar-refractivity contribution < 1.29 is 13.2 Å². The monoisotopic (exact) mass is 428 g/mol. The zero-order chi connectivity index (χ0) is 22.4. The fraction of sp³-hybridized carbons (Fsp3) is 0.333. The van der Waals surface area contributed by atoms with Gasteiger partial charge in [-0.1, -0.05) is 51.5 Å². The third-order valence-electron chi connectivity index (χ3n) is 4.94. The summed E-state index contributed by atoms with van der Waals surface area (Å²) < 4.78 is 40.6. The number of anilines is 4. The van der Waals surface area contributed by atoms with Crippen molar-refractivity contribution in [2.24, 2.45) is 0 Å². The van der Waals surface area contributed by atoms with E-state index in [1.807, 2.05) is 42.5 Å². The molecule has 0 saturated carbocycles. The van der Waals surface area contributed by atoms with Crippen molar-refractivity contribution in [1.82, 2.24) is 9.97 Å². The molecule has 0 atom stereocenters. The Morgan fingerprint density at radius 3 is 2.35 bits per heavy atom. The summed E-state index contributed by atoms with van der Waals surface area (Å²) in [5.41, 5.74) is 2.59. The van der Waals surface area contributed by atoms with Crippen LogP contribution in [0.25, 0.3) is 0 Å². The Morgan fingerprint density at radius 2 is 1.71 bits per heavy atom. The molecule has 164 valence electrons. The lowest BCUT2D eigenvalue weighted by Gasteiger charge is -2.15. The first-order chi connectivity index (χ1) is 14.8. The number of nitrogens with zero attached hydrogens (tertiary/aromatic N) is 2. The normalized spacial score (nSPS) is 11.6. The van der Waals surface area contributed by atoms with E-state index in [0.717, 1.165) is 31.0 Å². The minimum Gasteiger partial charge on any atom is -0.340 e. The Hall–Kier alpha value is -3.09. The molecule has 4 nitrogen and oxygen atoms in total. The summed E-state index contributed by atoms with van der Waals surface area (Å²) in [6.07, 6.45) is -0.814. The second kappa shape index (κ2) is 9.81. The average Bonchev–Trinajstić information content (AvgIpc) is 2.72. The zero-order valence-electron chi connectivity index (χ0n) is 17.9. The van der Waals surface area contributed by atoms with Crippen LogP contribution in [0, 0.1) is 0 Å². The van der Waals surface area contributed by atoms with Gasteiger partial charge in [-0.25, -0.2) is 4.98 Å². The first-order valence-electron chi connectivity index (χ1n) is 10.4. The van der Waals surface area contributed by atoms with Crippen molar-refractivity contribution in [3.05, 3.63) is 71.4 Å². The molecule has 7 heteroatoms. The number of hydrogen-bond donors (Lipinski definition) is 2. The minimum absolute atomic E-state index is 0.0925. The molecular weight excluding hydrogens is 401 g/mol. The molecule has 31 heavy (non-hydrogen) atoms. The number of hydrogen-bond acceptors (Lipinski definition) is 4. The van der Waals surface area contributed by atoms with Gasteiger partial charge in [0.1, 0.15) is 11.4 Å². The number of rotatable bonds is 8. The summed E-state index contributed by atoms with van der Waals surface area (Å²) in [7, 11) is 0. The maximum atomic E-state index is 13.5. The van der Waals surface area contributed by atoms with Crippen molar-refractivity contribution in [3.8, 4) is 0 Å². The summed E-state index contributed by atoms with van der Waals surface area (Å²) in [6.45, 7) is 6.29. The van der Waals surface area contributed by atoms with Crippen molar-refractivity contribution in [3.63, 3.8) is 0 Å². The summed E-state index contributed by atoms with van der Waals surface area (Å²) in [5, 5.41) is 5.82. The molecule has 0 aliphatic rings. The fourth-order valence-corrected chi connectivity index (χ4v) is 3.15. The van der Waals surface area contributed by atoms with E-state index in [0.29, 0.717) is 17.3 Å². The molecule has 0 aliphatic heterocycles. The van der Waals surface area contributed by atoms with Gasteiger partial charge >= 0.3 is 6.18 Å². The standard InChI is InChI=1S/C24H27F3N4/c1-4-5-7-17-8-6-9-20(14-17)29-22-21(24(25,26)27)15-28-23(31-22)30-19-12-10-18(11-13-19)16(2)3/h6,8-16H,4-5,7H2,1-3H3,(H2,28,29,30,31). The van der Waals surface area contributed by atoms with Gasteiger partial charge in [0.15, 0.2) is 0 Å².